The number of nitrogens with zero attached hydrogens (tertiary/aromatic N) is 3. The van der Waals surface area contributed by atoms with Crippen molar-refractivity contribution in [3.8, 4) is 0 Å². The monoisotopic (exact) mass is 262 g/mol. The van der Waals surface area contributed by atoms with E-state index in [1.54, 1.807) is 6.20 Å². The number of hydrogen-bond donors (Lipinski definition) is 2. The van der Waals surface area contributed by atoms with E-state index in [-0.39, 0.29) is 5.84 Å². The Bertz CT molecular complexity index is 470. The molecule has 1 aliphatic rings. The van der Waals surface area contributed by atoms with E-state index in [0.717, 1.165) is 25.2 Å². The van der Waals surface area contributed by atoms with E-state index in [9.17, 15) is 0 Å². The van der Waals surface area contributed by atoms with Crippen LogP contribution in [0.1, 0.15) is 37.9 Å². The second-order valence-corrected chi connectivity index (χ2v) is 5.97. The summed E-state index contributed by atoms with van der Waals surface area (Å²) >= 11 is 0. The van der Waals surface area contributed by atoms with Crippen LogP contribution < -0.4 is 5.73 Å². The van der Waals surface area contributed by atoms with E-state index in [1.807, 2.05) is 12.1 Å². The van der Waals surface area contributed by atoms with Gasteiger partial charge in [-0.1, -0.05) is 25.1 Å². The highest BCUT2D eigenvalue weighted by molar-refractivity contribution is 5.96. The van der Waals surface area contributed by atoms with Crippen LogP contribution in [0.2, 0.25) is 0 Å². The van der Waals surface area contributed by atoms with Gasteiger partial charge in [0.25, 0.3) is 0 Å². The first-order valence-electron chi connectivity index (χ1n) is 6.66. The molecule has 0 aliphatic carbocycles. The quantitative estimate of drug-likeness (QED) is 0.377. The zero-order valence-corrected chi connectivity index (χ0v) is 11.6. The molecule has 2 rings (SSSR count). The lowest BCUT2D eigenvalue weighted by atomic mass is 9.84. The Morgan fingerprint density at radius 3 is 3.05 bits per heavy atom. The van der Waals surface area contributed by atoms with Crippen molar-refractivity contribution in [1.29, 1.82) is 0 Å². The van der Waals surface area contributed by atoms with Gasteiger partial charge < -0.3 is 10.9 Å². The Hall–Kier alpha value is -1.62. The minimum atomic E-state index is 0.0758. The van der Waals surface area contributed by atoms with Crippen LogP contribution in [0.3, 0.4) is 0 Å². The SMILES string of the molecule is CC1(C)CCCN(Cc2cccnc2C(N)=NO)C1. The van der Waals surface area contributed by atoms with Crippen molar-refractivity contribution in [1.82, 2.24) is 9.88 Å². The smallest absolute Gasteiger partial charge is 0.189 e. The Balaban J connectivity index is 2.15. The average molecular weight is 262 g/mol. The molecule has 5 nitrogen and oxygen atoms in total. The van der Waals surface area contributed by atoms with Crippen LogP contribution in [-0.2, 0) is 6.54 Å². The summed E-state index contributed by atoms with van der Waals surface area (Å²) in [6.45, 7) is 7.55. The average Bonchev–Trinajstić information content (AvgIpc) is 2.37. The normalized spacial score (nSPS) is 20.4. The number of hydrogen-bond acceptors (Lipinski definition) is 4. The summed E-state index contributed by atoms with van der Waals surface area (Å²) < 4.78 is 0. The maximum Gasteiger partial charge on any atom is 0.189 e. The van der Waals surface area contributed by atoms with Gasteiger partial charge in [0.1, 0.15) is 5.69 Å². The molecule has 0 radical (unpaired) electrons. The minimum absolute atomic E-state index is 0.0758. The number of piperidine rings is 1. The standard InChI is InChI=1S/C14H22N4O/c1-14(2)6-4-8-18(10-14)9-11-5-3-7-16-12(11)13(15)17-19/h3,5,7,19H,4,6,8-10H2,1-2H3,(H2,15,17). The van der Waals surface area contributed by atoms with Crippen LogP contribution in [0.4, 0.5) is 0 Å². The molecule has 104 valence electrons. The zero-order chi connectivity index (χ0) is 13.9. The molecule has 0 unspecified atom stereocenters. The first kappa shape index (κ1) is 13.8. The summed E-state index contributed by atoms with van der Waals surface area (Å²) in [7, 11) is 0. The number of amidine groups is 1. The van der Waals surface area contributed by atoms with E-state index >= 15 is 0 Å². The fourth-order valence-corrected chi connectivity index (χ4v) is 2.76. The first-order chi connectivity index (χ1) is 9.02. The molecule has 1 aromatic heterocycles. The Labute approximate surface area is 114 Å². The van der Waals surface area contributed by atoms with E-state index < -0.39 is 0 Å². The van der Waals surface area contributed by atoms with Crippen LogP contribution in [0, 0.1) is 5.41 Å². The topological polar surface area (TPSA) is 74.7 Å². The van der Waals surface area contributed by atoms with Crippen LogP contribution in [0.5, 0.6) is 0 Å². The van der Waals surface area contributed by atoms with Crippen LogP contribution in [0.15, 0.2) is 23.5 Å². The predicted octanol–water partition coefficient (Wildman–Crippen LogP) is 1.80. The van der Waals surface area contributed by atoms with Crippen molar-refractivity contribution in [2.24, 2.45) is 16.3 Å². The van der Waals surface area contributed by atoms with Gasteiger partial charge in [-0.05, 0) is 36.4 Å². The molecule has 2 heterocycles. The lowest BCUT2D eigenvalue weighted by Crippen LogP contribution is -2.39. The molecule has 1 aromatic rings. The fraction of sp³-hybridized carbons (Fsp3) is 0.571. The summed E-state index contributed by atoms with van der Waals surface area (Å²) in [6, 6.07) is 3.88. The highest BCUT2D eigenvalue weighted by Gasteiger charge is 2.26. The summed E-state index contributed by atoms with van der Waals surface area (Å²) in [5.41, 5.74) is 7.62. The van der Waals surface area contributed by atoms with Crippen LogP contribution in [-0.4, -0.2) is 34.0 Å². The number of aromatic nitrogens is 1. The number of nitrogens with two attached hydrogens (primary N) is 1. The molecule has 0 aromatic carbocycles. The molecule has 5 heteroatoms. The number of rotatable bonds is 3. The first-order valence-corrected chi connectivity index (χ1v) is 6.66. The van der Waals surface area contributed by atoms with Gasteiger partial charge in [0.2, 0.25) is 0 Å². The zero-order valence-electron chi connectivity index (χ0n) is 11.6. The molecule has 0 amide bonds. The molecule has 3 N–H and O–H groups in total. The minimum Gasteiger partial charge on any atom is -0.409 e. The van der Waals surface area contributed by atoms with Crippen molar-refractivity contribution in [3.63, 3.8) is 0 Å². The van der Waals surface area contributed by atoms with Gasteiger partial charge in [-0.2, -0.15) is 0 Å². The summed E-state index contributed by atoms with van der Waals surface area (Å²) in [6.07, 6.45) is 4.15. The number of likely N-dealkylation sites (tertiary alicyclic amines) is 1. The van der Waals surface area contributed by atoms with E-state index in [0.29, 0.717) is 11.1 Å². The third-order valence-corrected chi connectivity index (χ3v) is 3.62. The van der Waals surface area contributed by atoms with Crippen molar-refractivity contribution in [2.45, 2.75) is 33.2 Å². The Morgan fingerprint density at radius 1 is 1.58 bits per heavy atom. The van der Waals surface area contributed by atoms with Gasteiger partial charge in [-0.25, -0.2) is 0 Å². The second kappa shape index (κ2) is 5.57. The maximum atomic E-state index is 8.81. The third-order valence-electron chi connectivity index (χ3n) is 3.62. The van der Waals surface area contributed by atoms with E-state index in [4.69, 9.17) is 10.9 Å². The molecule has 1 aliphatic heterocycles. The molecule has 1 fully saturated rings. The van der Waals surface area contributed by atoms with Gasteiger partial charge in [0, 0.05) is 19.3 Å². The molecule has 0 spiro atoms. The van der Waals surface area contributed by atoms with Crippen LogP contribution in [0.25, 0.3) is 0 Å². The van der Waals surface area contributed by atoms with Gasteiger partial charge in [0.15, 0.2) is 5.84 Å². The second-order valence-electron chi connectivity index (χ2n) is 5.97. The largest absolute Gasteiger partial charge is 0.409 e. The van der Waals surface area contributed by atoms with E-state index in [2.05, 4.69) is 28.9 Å². The highest BCUT2D eigenvalue weighted by Crippen LogP contribution is 2.29. The van der Waals surface area contributed by atoms with Crippen molar-refractivity contribution in [3.05, 3.63) is 29.6 Å². The fourth-order valence-electron chi connectivity index (χ4n) is 2.76. The highest BCUT2D eigenvalue weighted by atomic mass is 16.4. The Kier molecular flexibility index (Phi) is 4.04. The Morgan fingerprint density at radius 2 is 2.37 bits per heavy atom. The lowest BCUT2D eigenvalue weighted by Gasteiger charge is -2.38. The lowest BCUT2D eigenvalue weighted by molar-refractivity contribution is 0.111. The summed E-state index contributed by atoms with van der Waals surface area (Å²) in [5.74, 6) is 0.0758. The van der Waals surface area contributed by atoms with Gasteiger partial charge in [-0.3, -0.25) is 9.88 Å². The molecule has 1 saturated heterocycles. The molecule has 0 saturated carbocycles. The van der Waals surface area contributed by atoms with E-state index in [1.165, 1.54) is 12.8 Å². The van der Waals surface area contributed by atoms with Gasteiger partial charge in [0.05, 0.1) is 0 Å². The molecular formula is C14H22N4O. The maximum absolute atomic E-state index is 8.81. The number of pyridine rings is 1. The predicted molar refractivity (Wildman–Crippen MR) is 75.0 cm³/mol. The van der Waals surface area contributed by atoms with Crippen LogP contribution >= 0.6 is 0 Å². The van der Waals surface area contributed by atoms with Crippen molar-refractivity contribution in [2.75, 3.05) is 13.1 Å². The summed E-state index contributed by atoms with van der Waals surface area (Å²) in [5, 5.41) is 11.9. The third kappa shape index (κ3) is 3.44. The molecule has 19 heavy (non-hydrogen) atoms. The van der Waals surface area contributed by atoms with Crippen molar-refractivity contribution < 1.29 is 5.21 Å². The number of oxime groups is 1. The summed E-state index contributed by atoms with van der Waals surface area (Å²) in [4.78, 5) is 6.62. The molecule has 0 bridgehead atoms. The molecule has 0 atom stereocenters. The van der Waals surface area contributed by atoms with Gasteiger partial charge in [-0.15, -0.1) is 0 Å². The van der Waals surface area contributed by atoms with Crippen molar-refractivity contribution >= 4 is 5.84 Å². The van der Waals surface area contributed by atoms with Gasteiger partial charge >= 0.3 is 0 Å². The molecular weight excluding hydrogens is 240 g/mol.